The zero-order valence-corrected chi connectivity index (χ0v) is 15.5. The van der Waals surface area contributed by atoms with E-state index in [-0.39, 0.29) is 35.0 Å². The third kappa shape index (κ3) is 4.38. The highest BCUT2D eigenvalue weighted by molar-refractivity contribution is 5.96. The molecule has 0 saturated carbocycles. The molecule has 0 bridgehead atoms. The predicted octanol–water partition coefficient (Wildman–Crippen LogP) is 3.90. The largest absolute Gasteiger partial charge is 0.510 e. The van der Waals surface area contributed by atoms with Crippen molar-refractivity contribution in [1.82, 2.24) is 0 Å². The lowest BCUT2D eigenvalue weighted by molar-refractivity contribution is -0.118. The molecule has 1 aromatic carbocycles. The van der Waals surface area contributed by atoms with Gasteiger partial charge in [0.15, 0.2) is 11.5 Å². The molecule has 8 nitrogen and oxygen atoms in total. The van der Waals surface area contributed by atoms with Crippen molar-refractivity contribution in [2.45, 2.75) is 33.6 Å². The fraction of sp³-hybridized carbons (Fsp3) is 0.444. The molecule has 1 aliphatic rings. The van der Waals surface area contributed by atoms with E-state index >= 15 is 0 Å². The smallest absolute Gasteiger partial charge is 0.221 e. The number of carbonyl (C=O) groups excluding carboxylic acids is 2. The van der Waals surface area contributed by atoms with Crippen molar-refractivity contribution >= 4 is 23.1 Å². The molecule has 0 aliphatic heterocycles. The van der Waals surface area contributed by atoms with Gasteiger partial charge in [-0.1, -0.05) is 13.8 Å². The van der Waals surface area contributed by atoms with E-state index in [2.05, 4.69) is 15.5 Å². The average Bonchev–Trinajstić information content (AvgIpc) is 2.52. The first kappa shape index (κ1) is 19.4. The topological polar surface area (TPSA) is 110 Å². The molecule has 140 valence electrons. The Morgan fingerprint density at radius 1 is 1.15 bits per heavy atom. The van der Waals surface area contributed by atoms with Crippen LogP contribution in [0.4, 0.5) is 11.4 Å². The molecule has 0 spiro atoms. The van der Waals surface area contributed by atoms with Gasteiger partial charge in [-0.25, -0.2) is 0 Å². The fourth-order valence-electron chi connectivity index (χ4n) is 2.74. The van der Waals surface area contributed by atoms with Gasteiger partial charge in [-0.15, -0.1) is 10.2 Å². The van der Waals surface area contributed by atoms with Crippen LogP contribution in [0.25, 0.3) is 0 Å². The molecule has 0 aromatic heterocycles. The number of ether oxygens (including phenoxy) is 2. The molecule has 0 atom stereocenters. The number of Topliss-reactive ketones (excluding diaryl/α,β-unsaturated/α-hetero) is 1. The van der Waals surface area contributed by atoms with Gasteiger partial charge in [0.05, 0.1) is 19.9 Å². The molecule has 0 radical (unpaired) electrons. The number of anilines is 1. The molecule has 2 rings (SSSR count). The molecular formula is C18H23N3O5. The number of hydrogen-bond donors (Lipinski definition) is 2. The minimum absolute atomic E-state index is 0.0451. The quantitative estimate of drug-likeness (QED) is 0.773. The Kier molecular flexibility index (Phi) is 5.64. The standard InChI is InChI=1S/C18H23N3O5/c1-10(22)19-11-6-16(26-5)12(7-15(11)25-4)20-21-17-13(23)8-18(2,3)9-14(17)24/h6-7,23H,8-9H2,1-5H3,(H,19,22). The average molecular weight is 361 g/mol. The Balaban J connectivity index is 2.41. The molecule has 0 fully saturated rings. The lowest BCUT2D eigenvalue weighted by Gasteiger charge is -2.27. The number of methoxy groups -OCH3 is 2. The van der Waals surface area contributed by atoms with Crippen molar-refractivity contribution < 1.29 is 24.2 Å². The number of aliphatic hydroxyl groups excluding tert-OH is 1. The number of nitrogens with zero attached hydrogens (tertiary/aromatic N) is 2. The molecule has 8 heteroatoms. The summed E-state index contributed by atoms with van der Waals surface area (Å²) in [6.45, 7) is 5.19. The van der Waals surface area contributed by atoms with Gasteiger partial charge >= 0.3 is 0 Å². The maximum absolute atomic E-state index is 12.2. The Hall–Kier alpha value is -2.90. The van der Waals surface area contributed by atoms with Gasteiger partial charge in [0.25, 0.3) is 0 Å². The van der Waals surface area contributed by atoms with E-state index in [4.69, 9.17) is 9.47 Å². The molecular weight excluding hydrogens is 338 g/mol. The summed E-state index contributed by atoms with van der Waals surface area (Å²) in [5.41, 5.74) is 0.377. The van der Waals surface area contributed by atoms with Crippen molar-refractivity contribution in [1.29, 1.82) is 0 Å². The normalized spacial score (nSPS) is 16.7. The molecule has 0 saturated heterocycles. The zero-order valence-electron chi connectivity index (χ0n) is 15.5. The number of allylic oxidation sites excluding steroid dienone is 2. The van der Waals surface area contributed by atoms with E-state index in [1.54, 1.807) is 6.07 Å². The number of benzene rings is 1. The van der Waals surface area contributed by atoms with Gasteiger partial charge in [-0.2, -0.15) is 0 Å². The van der Waals surface area contributed by atoms with Crippen molar-refractivity contribution in [2.24, 2.45) is 15.6 Å². The summed E-state index contributed by atoms with van der Waals surface area (Å²) in [6.07, 6.45) is 0.641. The van der Waals surface area contributed by atoms with Gasteiger partial charge in [-0.3, -0.25) is 9.59 Å². The first-order valence-electron chi connectivity index (χ1n) is 8.07. The van der Waals surface area contributed by atoms with Crippen molar-refractivity contribution in [3.05, 3.63) is 23.6 Å². The highest BCUT2D eigenvalue weighted by atomic mass is 16.5. The number of ketones is 1. The molecule has 1 aliphatic carbocycles. The van der Waals surface area contributed by atoms with Crippen molar-refractivity contribution in [3.8, 4) is 11.5 Å². The third-order valence-corrected chi connectivity index (χ3v) is 3.89. The van der Waals surface area contributed by atoms with Crippen LogP contribution < -0.4 is 14.8 Å². The van der Waals surface area contributed by atoms with Crippen LogP contribution in [0.2, 0.25) is 0 Å². The van der Waals surface area contributed by atoms with Crippen LogP contribution in [-0.2, 0) is 9.59 Å². The minimum Gasteiger partial charge on any atom is -0.510 e. The number of aliphatic hydroxyl groups is 1. The van der Waals surface area contributed by atoms with E-state index in [0.29, 0.717) is 29.3 Å². The highest BCUT2D eigenvalue weighted by Gasteiger charge is 2.33. The second-order valence-electron chi connectivity index (χ2n) is 6.84. The van der Waals surface area contributed by atoms with Crippen LogP contribution in [0, 0.1) is 5.41 Å². The van der Waals surface area contributed by atoms with E-state index in [0.717, 1.165) is 0 Å². The zero-order chi connectivity index (χ0) is 19.5. The van der Waals surface area contributed by atoms with Crippen molar-refractivity contribution in [2.75, 3.05) is 19.5 Å². The Morgan fingerprint density at radius 2 is 1.81 bits per heavy atom. The van der Waals surface area contributed by atoms with Crippen LogP contribution in [0.1, 0.15) is 33.6 Å². The number of hydrogen-bond acceptors (Lipinski definition) is 7. The number of carbonyl (C=O) groups is 2. The Bertz CT molecular complexity index is 796. The third-order valence-electron chi connectivity index (χ3n) is 3.89. The number of rotatable bonds is 5. The molecule has 0 heterocycles. The second kappa shape index (κ2) is 7.55. The van der Waals surface area contributed by atoms with E-state index in [9.17, 15) is 14.7 Å². The van der Waals surface area contributed by atoms with Gasteiger partial charge in [0.1, 0.15) is 22.9 Å². The first-order valence-corrected chi connectivity index (χ1v) is 8.07. The van der Waals surface area contributed by atoms with E-state index in [1.807, 2.05) is 13.8 Å². The number of amides is 1. The fourth-order valence-corrected chi connectivity index (χ4v) is 2.74. The summed E-state index contributed by atoms with van der Waals surface area (Å²) >= 11 is 0. The lowest BCUT2D eigenvalue weighted by Crippen LogP contribution is -2.25. The predicted molar refractivity (Wildman–Crippen MR) is 96.0 cm³/mol. The Labute approximate surface area is 151 Å². The number of nitrogens with one attached hydrogen (secondary N) is 1. The minimum atomic E-state index is -0.304. The molecule has 1 amide bonds. The van der Waals surface area contributed by atoms with Gasteiger partial charge in [-0.05, 0) is 5.41 Å². The lowest BCUT2D eigenvalue weighted by atomic mass is 9.78. The molecule has 1 aromatic rings. The summed E-state index contributed by atoms with van der Waals surface area (Å²) in [7, 11) is 2.90. The van der Waals surface area contributed by atoms with Crippen LogP contribution in [0.15, 0.2) is 33.8 Å². The second-order valence-corrected chi connectivity index (χ2v) is 6.84. The van der Waals surface area contributed by atoms with E-state index in [1.165, 1.54) is 27.2 Å². The summed E-state index contributed by atoms with van der Waals surface area (Å²) in [4.78, 5) is 23.5. The van der Waals surface area contributed by atoms with Crippen molar-refractivity contribution in [3.63, 3.8) is 0 Å². The SMILES string of the molecule is COc1cc(NC(C)=O)c(OC)cc1N=NC1=C(O)CC(C)(C)CC1=O. The van der Waals surface area contributed by atoms with Crippen LogP contribution in [0.3, 0.4) is 0 Å². The maximum Gasteiger partial charge on any atom is 0.221 e. The Morgan fingerprint density at radius 3 is 2.35 bits per heavy atom. The number of azo groups is 1. The maximum atomic E-state index is 12.2. The van der Waals surface area contributed by atoms with E-state index < -0.39 is 0 Å². The molecule has 2 N–H and O–H groups in total. The first-order chi connectivity index (χ1) is 12.2. The summed E-state index contributed by atoms with van der Waals surface area (Å²) < 4.78 is 10.5. The van der Waals surface area contributed by atoms with Gasteiger partial charge in [0, 0.05) is 31.9 Å². The highest BCUT2D eigenvalue weighted by Crippen LogP contribution is 2.40. The summed E-state index contributed by atoms with van der Waals surface area (Å²) in [5.74, 6) is 0.107. The summed E-state index contributed by atoms with van der Waals surface area (Å²) in [6, 6.07) is 3.08. The van der Waals surface area contributed by atoms with Gasteiger partial charge < -0.3 is 19.9 Å². The van der Waals surface area contributed by atoms with Gasteiger partial charge in [0.2, 0.25) is 5.91 Å². The molecule has 0 unspecified atom stereocenters. The molecule has 26 heavy (non-hydrogen) atoms. The van der Waals surface area contributed by atoms with Crippen LogP contribution in [0.5, 0.6) is 11.5 Å². The van der Waals surface area contributed by atoms with Crippen LogP contribution >= 0.6 is 0 Å². The monoisotopic (exact) mass is 361 g/mol. The summed E-state index contributed by atoms with van der Waals surface area (Å²) in [5, 5.41) is 20.7. The van der Waals surface area contributed by atoms with Crippen LogP contribution in [-0.4, -0.2) is 31.0 Å².